The fraction of sp³-hybridized carbons (Fsp3) is 0.0606. The van der Waals surface area contributed by atoms with Gasteiger partial charge in [0, 0.05) is 5.56 Å². The van der Waals surface area contributed by atoms with E-state index in [2.05, 4.69) is 56.5 Å². The van der Waals surface area contributed by atoms with Crippen LogP contribution in [0.15, 0.2) is 110 Å². The lowest BCUT2D eigenvalue weighted by molar-refractivity contribution is 0.0697. The van der Waals surface area contributed by atoms with Gasteiger partial charge in [-0.05, 0) is 73.5 Å². The molecule has 0 aliphatic rings. The number of anilines is 5. The van der Waals surface area contributed by atoms with Crippen LogP contribution in [-0.4, -0.2) is 60.1 Å². The molecule has 2 heterocycles. The first-order valence-corrected chi connectivity index (χ1v) is 17.0. The maximum absolute atomic E-state index is 11.8. The average molecular weight is 756 g/mol. The van der Waals surface area contributed by atoms with Crippen LogP contribution in [-0.2, 0) is 10.1 Å². The van der Waals surface area contributed by atoms with Crippen LogP contribution < -0.4 is 16.1 Å². The summed E-state index contributed by atoms with van der Waals surface area (Å²) in [4.78, 5) is 28.2. The van der Waals surface area contributed by atoms with Crippen molar-refractivity contribution in [2.45, 2.75) is 18.7 Å². The number of aromatic carboxylic acids is 1. The Kier molecular flexibility index (Phi) is 10.3. The summed E-state index contributed by atoms with van der Waals surface area (Å²) in [6.45, 7) is 3.44. The highest BCUT2D eigenvalue weighted by atomic mass is 35.5. The fourth-order valence-corrected chi connectivity index (χ4v) is 5.40. The number of hydrazone groups is 1. The molecular weight excluding hydrogens is 730 g/mol. The van der Waals surface area contributed by atoms with Crippen LogP contribution in [0.25, 0.3) is 11.5 Å². The number of nitrogens with zero attached hydrogens (tertiary/aromatic N) is 8. The second-order valence-electron chi connectivity index (χ2n) is 11.0. The number of benzene rings is 4. The van der Waals surface area contributed by atoms with Gasteiger partial charge in [-0.1, -0.05) is 47.6 Å². The van der Waals surface area contributed by atoms with Gasteiger partial charge in [-0.25, -0.2) is 4.79 Å². The lowest BCUT2D eigenvalue weighted by Crippen LogP contribution is -2.07. The van der Waals surface area contributed by atoms with Crippen molar-refractivity contribution in [1.29, 1.82) is 0 Å². The molecule has 0 atom stereocenters. The molecule has 0 aliphatic heterocycles. The summed E-state index contributed by atoms with van der Waals surface area (Å²) in [6.07, 6.45) is 0. The first-order chi connectivity index (χ1) is 25.3. The highest BCUT2D eigenvalue weighted by Gasteiger charge is 2.18. The zero-order chi connectivity index (χ0) is 37.7. The van der Waals surface area contributed by atoms with Crippen LogP contribution in [0.3, 0.4) is 0 Å². The zero-order valence-electron chi connectivity index (χ0n) is 27.4. The summed E-state index contributed by atoms with van der Waals surface area (Å²) in [6, 6.07) is 21.6. The molecule has 0 aliphatic carbocycles. The number of carboxylic acid groups (broad SMARTS) is 1. The van der Waals surface area contributed by atoms with Crippen LogP contribution in [0.1, 0.15) is 27.3 Å². The number of carboxylic acids is 1. The number of amidine groups is 1. The molecule has 0 saturated heterocycles. The summed E-state index contributed by atoms with van der Waals surface area (Å²) in [5, 5.41) is 43.1. The minimum atomic E-state index is -4.66. The van der Waals surface area contributed by atoms with Crippen LogP contribution in [0.5, 0.6) is 5.75 Å². The highest BCUT2D eigenvalue weighted by molar-refractivity contribution is 7.85. The van der Waals surface area contributed by atoms with Gasteiger partial charge in [-0.15, -0.1) is 10.2 Å². The number of aryl methyl sites for hydroxylation is 2. The number of phenols is 1. The monoisotopic (exact) mass is 755 g/mol. The second kappa shape index (κ2) is 15.2. The molecule has 0 unspecified atom stereocenters. The molecule has 4 aromatic carbocycles. The number of azo groups is 1. The van der Waals surface area contributed by atoms with Gasteiger partial charge in [0.15, 0.2) is 11.6 Å². The molecule has 0 spiro atoms. The lowest BCUT2D eigenvalue weighted by Gasteiger charge is -2.12. The quantitative estimate of drug-likeness (QED) is 0.0196. The molecule has 0 amide bonds. The third-order valence-corrected chi connectivity index (χ3v) is 8.12. The molecule has 0 fully saturated rings. The number of aromatic nitrogens is 5. The van der Waals surface area contributed by atoms with Crippen molar-refractivity contribution in [3.05, 3.63) is 113 Å². The van der Waals surface area contributed by atoms with Crippen LogP contribution in [0.2, 0.25) is 5.28 Å². The van der Waals surface area contributed by atoms with Crippen molar-refractivity contribution in [3.8, 4) is 17.2 Å². The number of hydrogen-bond donors (Lipinski definition) is 6. The molecule has 6 rings (SSSR count). The van der Waals surface area contributed by atoms with E-state index in [1.807, 2.05) is 0 Å². The molecule has 2 aromatic heterocycles. The number of carbonyl (C=O) groups is 1. The number of rotatable bonds is 11. The molecule has 18 nitrogen and oxygen atoms in total. The number of phenolic OH excluding ortho intramolecular Hbond substituents is 1. The van der Waals surface area contributed by atoms with Gasteiger partial charge < -0.3 is 25.4 Å². The summed E-state index contributed by atoms with van der Waals surface area (Å²) in [5.74, 6) is -1.04. The van der Waals surface area contributed by atoms with Gasteiger partial charge in [0.05, 0.1) is 33.1 Å². The Bertz CT molecular complexity index is 2510. The van der Waals surface area contributed by atoms with E-state index in [0.717, 1.165) is 18.2 Å². The topological polar surface area (TPSA) is 263 Å². The molecular formula is C33H26ClN11O7S. The number of hydrogen-bond acceptors (Lipinski definition) is 15. The molecule has 6 aromatic rings. The molecule has 0 bridgehead atoms. The lowest BCUT2D eigenvalue weighted by atomic mass is 10.1. The Morgan fingerprint density at radius 1 is 0.849 bits per heavy atom. The first-order valence-electron chi connectivity index (χ1n) is 15.2. The van der Waals surface area contributed by atoms with E-state index >= 15 is 0 Å². The number of para-hydroxylation sites is 1. The molecule has 0 saturated carbocycles. The third-order valence-electron chi connectivity index (χ3n) is 7.11. The zero-order valence-corrected chi connectivity index (χ0v) is 29.0. The molecule has 53 heavy (non-hydrogen) atoms. The largest absolute Gasteiger partial charge is 0.504 e. The van der Waals surface area contributed by atoms with Gasteiger partial charge in [-0.2, -0.15) is 33.5 Å². The van der Waals surface area contributed by atoms with E-state index < -0.39 is 21.0 Å². The minimum absolute atomic E-state index is 0.00185. The Morgan fingerprint density at radius 3 is 2.23 bits per heavy atom. The fourth-order valence-electron chi connectivity index (χ4n) is 4.73. The normalized spacial score (nSPS) is 11.8. The van der Waals surface area contributed by atoms with E-state index in [4.69, 9.17) is 16.1 Å². The molecule has 6 N–H and O–H groups in total. The van der Waals surface area contributed by atoms with Gasteiger partial charge >= 0.3 is 5.97 Å². The number of halogens is 1. The highest BCUT2D eigenvalue weighted by Crippen LogP contribution is 2.38. The van der Waals surface area contributed by atoms with Crippen molar-refractivity contribution in [1.82, 2.24) is 25.1 Å². The third kappa shape index (κ3) is 8.73. The van der Waals surface area contributed by atoms with Crippen molar-refractivity contribution in [2.24, 2.45) is 15.3 Å². The van der Waals surface area contributed by atoms with Crippen molar-refractivity contribution < 1.29 is 32.5 Å². The molecule has 268 valence electrons. The van der Waals surface area contributed by atoms with Crippen molar-refractivity contribution in [2.75, 3.05) is 16.1 Å². The van der Waals surface area contributed by atoms with Crippen molar-refractivity contribution >= 4 is 68.2 Å². The van der Waals surface area contributed by atoms with Crippen molar-refractivity contribution in [3.63, 3.8) is 0 Å². The van der Waals surface area contributed by atoms with Crippen LogP contribution in [0.4, 0.5) is 34.6 Å². The first kappa shape index (κ1) is 36.0. The van der Waals surface area contributed by atoms with E-state index in [9.17, 15) is 28.0 Å². The summed E-state index contributed by atoms with van der Waals surface area (Å²) >= 11 is 6.25. The Hall–Kier alpha value is -6.83. The average Bonchev–Trinajstić information content (AvgIpc) is 3.55. The predicted octanol–water partition coefficient (Wildman–Crippen LogP) is 6.89. The summed E-state index contributed by atoms with van der Waals surface area (Å²) in [5.41, 5.74) is 4.26. The smallest absolute Gasteiger partial charge is 0.337 e. The Morgan fingerprint density at radius 2 is 1.55 bits per heavy atom. The Balaban J connectivity index is 1.30. The van der Waals surface area contributed by atoms with Crippen LogP contribution in [0, 0.1) is 13.8 Å². The minimum Gasteiger partial charge on any atom is -0.504 e. The SMILES string of the molecule is Cc1cc(N=N/C(=N\Nc2cc(S(=O)(=O)O)ccc2C(=O)O)c2ccccc2)c(O)c(Nc2nc(Cl)nc(Nc3ccccc3-c3nc(C)no3)n2)c1. The predicted molar refractivity (Wildman–Crippen MR) is 193 cm³/mol. The summed E-state index contributed by atoms with van der Waals surface area (Å²) in [7, 11) is -4.66. The molecule has 0 radical (unpaired) electrons. The van der Waals surface area contributed by atoms with E-state index in [-0.39, 0.29) is 57.3 Å². The summed E-state index contributed by atoms with van der Waals surface area (Å²) < 4.78 is 38.2. The maximum atomic E-state index is 11.8. The molecule has 20 heteroatoms. The van der Waals surface area contributed by atoms with E-state index in [1.54, 1.807) is 80.6 Å². The standard InChI is InChI=1S/C33H26ClN11O7S/c1-17-14-25(37-33-39-31(34)38-32(40-33)36-23-11-7-6-10-21(23)29-35-18(2)45-52-29)27(46)26(15-17)42-44-28(19-8-4-3-5-9-19)43-41-24-16-20(53(49,50)51)12-13-22(24)30(47)48/h3-16,41,46H,1-2H3,(H,47,48)(H,49,50,51)(H2,36,37,38,39,40)/b43-28-,44-42?. The van der Waals surface area contributed by atoms with Crippen LogP contribution >= 0.6 is 11.6 Å². The maximum Gasteiger partial charge on any atom is 0.337 e. The van der Waals surface area contributed by atoms with E-state index in [1.165, 1.54) is 0 Å². The van der Waals surface area contributed by atoms with E-state index in [0.29, 0.717) is 28.2 Å². The second-order valence-corrected chi connectivity index (χ2v) is 12.7. The van der Waals surface area contributed by atoms with Gasteiger partial charge in [-0.3, -0.25) is 9.98 Å². The van der Waals surface area contributed by atoms with Gasteiger partial charge in [0.25, 0.3) is 16.0 Å². The van der Waals surface area contributed by atoms with Gasteiger partial charge in [0.1, 0.15) is 5.69 Å². The number of aromatic hydroxyl groups is 1. The number of nitrogens with one attached hydrogen (secondary N) is 3. The Labute approximate surface area is 305 Å². The van der Waals surface area contributed by atoms with Gasteiger partial charge in [0.2, 0.25) is 23.0 Å².